The molecule has 0 spiro atoms. The summed E-state index contributed by atoms with van der Waals surface area (Å²) >= 11 is 0. The van der Waals surface area contributed by atoms with Crippen molar-refractivity contribution >= 4 is 0 Å². The van der Waals surface area contributed by atoms with Crippen LogP contribution in [0.3, 0.4) is 0 Å². The number of nitrogens with one attached hydrogen (secondary N) is 1. The molecule has 2 heterocycles. The number of H-pyrrole nitrogens is 1. The first kappa shape index (κ1) is 17.3. The third kappa shape index (κ3) is 3.69. The highest BCUT2D eigenvalue weighted by Gasteiger charge is 2.22. The number of aromatic nitrogens is 4. The Morgan fingerprint density at radius 2 is 1.89 bits per heavy atom. The van der Waals surface area contributed by atoms with Crippen molar-refractivity contribution in [2.75, 3.05) is 0 Å². The lowest BCUT2D eigenvalue weighted by atomic mass is 9.89. The van der Waals surface area contributed by atoms with Crippen molar-refractivity contribution in [1.29, 1.82) is 0 Å². The van der Waals surface area contributed by atoms with Gasteiger partial charge in [0, 0.05) is 35.9 Å². The number of hydrogen-bond acceptors (Lipinski definition) is 3. The van der Waals surface area contributed by atoms with Crippen LogP contribution in [0.2, 0.25) is 0 Å². The van der Waals surface area contributed by atoms with E-state index in [9.17, 15) is 9.59 Å². The van der Waals surface area contributed by atoms with Crippen LogP contribution in [0.15, 0.2) is 70.5 Å². The van der Waals surface area contributed by atoms with Crippen molar-refractivity contribution in [3.63, 3.8) is 0 Å². The first-order valence-corrected chi connectivity index (χ1v) is 9.28. The first-order valence-electron chi connectivity index (χ1n) is 9.28. The SMILES string of the molecule is O=c1ccc(=O)n(CCn2cnc(-c3ccccc3)c2[C@H]2CC=CCC2)[nH]1. The molecule has 138 valence electrons. The van der Waals surface area contributed by atoms with E-state index in [4.69, 9.17) is 4.98 Å². The van der Waals surface area contributed by atoms with Gasteiger partial charge in [0.15, 0.2) is 0 Å². The Morgan fingerprint density at radius 1 is 1.04 bits per heavy atom. The molecule has 1 N–H and O–H groups in total. The fourth-order valence-corrected chi connectivity index (χ4v) is 3.69. The Kier molecular flexibility index (Phi) is 4.87. The number of rotatable bonds is 5. The number of allylic oxidation sites excluding steroid dienone is 2. The van der Waals surface area contributed by atoms with Gasteiger partial charge in [0.2, 0.25) is 0 Å². The monoisotopic (exact) mass is 362 g/mol. The van der Waals surface area contributed by atoms with Gasteiger partial charge in [-0.3, -0.25) is 14.7 Å². The predicted molar refractivity (Wildman–Crippen MR) is 105 cm³/mol. The fourth-order valence-electron chi connectivity index (χ4n) is 3.69. The van der Waals surface area contributed by atoms with E-state index >= 15 is 0 Å². The Bertz CT molecular complexity index is 1060. The second kappa shape index (κ2) is 7.61. The zero-order chi connectivity index (χ0) is 18.6. The standard InChI is InChI=1S/C21H22N4O2/c26-18-11-12-19(27)25(23-18)14-13-24-15-22-20(16-7-3-1-4-8-16)21(24)17-9-5-2-6-10-17/h1-5,7-8,11-12,15,17H,6,9-10,13-14H2,(H,23,26)/t17-/m0/s1. The summed E-state index contributed by atoms with van der Waals surface area (Å²) in [5.74, 6) is 0.402. The number of nitrogens with zero attached hydrogens (tertiary/aromatic N) is 3. The molecule has 4 rings (SSSR count). The summed E-state index contributed by atoms with van der Waals surface area (Å²) < 4.78 is 3.49. The van der Waals surface area contributed by atoms with Crippen LogP contribution in [0.1, 0.15) is 30.9 Å². The number of aryl methyl sites for hydroxylation is 2. The van der Waals surface area contributed by atoms with Gasteiger partial charge in [0.05, 0.1) is 18.6 Å². The lowest BCUT2D eigenvalue weighted by Gasteiger charge is -2.21. The quantitative estimate of drug-likeness (QED) is 0.709. The van der Waals surface area contributed by atoms with Gasteiger partial charge >= 0.3 is 0 Å². The Hall–Kier alpha value is -3.15. The summed E-state index contributed by atoms with van der Waals surface area (Å²) in [7, 11) is 0. The van der Waals surface area contributed by atoms with Crippen molar-refractivity contribution in [1.82, 2.24) is 19.3 Å². The van der Waals surface area contributed by atoms with E-state index in [2.05, 4.69) is 34.0 Å². The van der Waals surface area contributed by atoms with E-state index in [1.165, 1.54) is 22.5 Å². The van der Waals surface area contributed by atoms with Gasteiger partial charge in [-0.05, 0) is 19.3 Å². The van der Waals surface area contributed by atoms with Crippen LogP contribution in [0, 0.1) is 0 Å². The number of aromatic amines is 1. The van der Waals surface area contributed by atoms with E-state index in [1.807, 2.05) is 24.5 Å². The molecule has 1 aromatic carbocycles. The molecule has 0 fully saturated rings. The third-order valence-electron chi connectivity index (χ3n) is 5.03. The van der Waals surface area contributed by atoms with Gasteiger partial charge < -0.3 is 4.57 Å². The second-order valence-corrected chi connectivity index (χ2v) is 6.82. The zero-order valence-electron chi connectivity index (χ0n) is 15.0. The average Bonchev–Trinajstić information content (AvgIpc) is 3.14. The molecule has 0 saturated carbocycles. The second-order valence-electron chi connectivity index (χ2n) is 6.82. The van der Waals surface area contributed by atoms with E-state index < -0.39 is 0 Å². The molecule has 3 aromatic rings. The van der Waals surface area contributed by atoms with E-state index in [-0.39, 0.29) is 11.1 Å². The molecular formula is C21H22N4O2. The molecule has 0 aliphatic heterocycles. The topological polar surface area (TPSA) is 72.7 Å². The Labute approximate surface area is 156 Å². The van der Waals surface area contributed by atoms with Crippen molar-refractivity contribution in [3.8, 4) is 11.3 Å². The molecule has 6 nitrogen and oxygen atoms in total. The van der Waals surface area contributed by atoms with Crippen molar-refractivity contribution < 1.29 is 0 Å². The Morgan fingerprint density at radius 3 is 2.67 bits per heavy atom. The minimum Gasteiger partial charge on any atom is -0.332 e. The first-order chi connectivity index (χ1) is 13.2. The minimum atomic E-state index is -0.275. The maximum Gasteiger partial charge on any atom is 0.265 e. The molecule has 0 amide bonds. The number of hydrogen-bond donors (Lipinski definition) is 1. The van der Waals surface area contributed by atoms with Crippen LogP contribution in [-0.4, -0.2) is 19.3 Å². The summed E-state index contributed by atoms with van der Waals surface area (Å²) in [5.41, 5.74) is 2.83. The molecule has 2 aromatic heterocycles. The maximum absolute atomic E-state index is 12.0. The molecule has 0 radical (unpaired) electrons. The van der Waals surface area contributed by atoms with Gasteiger partial charge in [0.1, 0.15) is 0 Å². The molecular weight excluding hydrogens is 340 g/mol. The summed E-state index contributed by atoms with van der Waals surface area (Å²) in [6, 6.07) is 12.8. The van der Waals surface area contributed by atoms with E-state index in [1.54, 1.807) is 0 Å². The molecule has 1 atom stereocenters. The molecule has 1 aliphatic rings. The lowest BCUT2D eigenvalue weighted by molar-refractivity contribution is 0.478. The van der Waals surface area contributed by atoms with Crippen LogP contribution in [0.25, 0.3) is 11.3 Å². The van der Waals surface area contributed by atoms with Gasteiger partial charge in [-0.1, -0.05) is 42.5 Å². The minimum absolute atomic E-state index is 0.208. The third-order valence-corrected chi connectivity index (χ3v) is 5.03. The smallest absolute Gasteiger partial charge is 0.265 e. The van der Waals surface area contributed by atoms with Gasteiger partial charge in [-0.25, -0.2) is 9.67 Å². The average molecular weight is 362 g/mol. The van der Waals surface area contributed by atoms with Crippen molar-refractivity contribution in [3.05, 3.63) is 87.3 Å². The summed E-state index contributed by atoms with van der Waals surface area (Å²) in [6.07, 6.45) is 9.46. The molecule has 0 unspecified atom stereocenters. The van der Waals surface area contributed by atoms with Crippen molar-refractivity contribution in [2.45, 2.75) is 38.3 Å². The molecule has 6 heteroatoms. The fraction of sp³-hybridized carbons (Fsp3) is 0.286. The van der Waals surface area contributed by atoms with Crippen LogP contribution in [0.4, 0.5) is 0 Å². The highest BCUT2D eigenvalue weighted by molar-refractivity contribution is 5.62. The van der Waals surface area contributed by atoms with Gasteiger partial charge in [0.25, 0.3) is 11.1 Å². The number of benzene rings is 1. The molecule has 0 bridgehead atoms. The lowest BCUT2D eigenvalue weighted by Crippen LogP contribution is -2.29. The predicted octanol–water partition coefficient (Wildman–Crippen LogP) is 2.92. The van der Waals surface area contributed by atoms with Crippen LogP contribution in [-0.2, 0) is 13.1 Å². The number of imidazole rings is 1. The summed E-state index contributed by atoms with van der Waals surface area (Å²) in [6.45, 7) is 0.976. The highest BCUT2D eigenvalue weighted by atomic mass is 16.1. The molecule has 0 saturated heterocycles. The molecule has 27 heavy (non-hydrogen) atoms. The molecule has 1 aliphatic carbocycles. The van der Waals surface area contributed by atoms with Gasteiger partial charge in [-0.2, -0.15) is 0 Å². The van der Waals surface area contributed by atoms with Crippen LogP contribution in [0.5, 0.6) is 0 Å². The van der Waals surface area contributed by atoms with E-state index in [0.29, 0.717) is 19.0 Å². The Balaban J connectivity index is 1.68. The van der Waals surface area contributed by atoms with E-state index in [0.717, 1.165) is 30.5 Å². The normalized spacial score (nSPS) is 16.5. The van der Waals surface area contributed by atoms with Crippen molar-refractivity contribution in [2.24, 2.45) is 0 Å². The summed E-state index contributed by atoms with van der Waals surface area (Å²) in [5, 5.41) is 2.59. The summed E-state index contributed by atoms with van der Waals surface area (Å²) in [4.78, 5) is 28.2. The highest BCUT2D eigenvalue weighted by Crippen LogP contribution is 2.35. The maximum atomic E-state index is 12.0. The van der Waals surface area contributed by atoms with Crippen LogP contribution < -0.4 is 11.1 Å². The van der Waals surface area contributed by atoms with Gasteiger partial charge in [-0.15, -0.1) is 0 Å². The van der Waals surface area contributed by atoms with Crippen LogP contribution >= 0.6 is 0 Å². The zero-order valence-corrected chi connectivity index (χ0v) is 15.0. The largest absolute Gasteiger partial charge is 0.332 e.